The minimum Gasteiger partial charge on any atom is -0.465 e. The molecule has 0 heterocycles. The molecule has 0 unspecified atom stereocenters. The fraction of sp³-hybridized carbons (Fsp3) is 0.0833. The quantitative estimate of drug-likeness (QED) is 0.291. The molecule has 8 heteroatoms. The zero-order chi connectivity index (χ0) is 23.1. The summed E-state index contributed by atoms with van der Waals surface area (Å²) in [5.41, 5.74) is 0.851. The van der Waals surface area contributed by atoms with Crippen LogP contribution in [-0.4, -0.2) is 34.0 Å². The van der Waals surface area contributed by atoms with Gasteiger partial charge in [-0.15, -0.1) is 6.58 Å². The summed E-state index contributed by atoms with van der Waals surface area (Å²) >= 11 is 0. The lowest BCUT2D eigenvalue weighted by Crippen LogP contribution is -2.31. The maximum Gasteiger partial charge on any atom is 0.343 e. The van der Waals surface area contributed by atoms with Crippen LogP contribution >= 0.6 is 0 Å². The van der Waals surface area contributed by atoms with Crippen molar-refractivity contribution < 1.29 is 27.5 Å². The summed E-state index contributed by atoms with van der Waals surface area (Å²) in [5, 5.41) is 0. The van der Waals surface area contributed by atoms with Crippen LogP contribution in [0, 0.1) is 0 Å². The number of ether oxygens (including phenoxy) is 2. The number of rotatable bonds is 8. The van der Waals surface area contributed by atoms with Gasteiger partial charge in [-0.05, 0) is 54.6 Å². The third-order valence-electron chi connectivity index (χ3n) is 4.48. The van der Waals surface area contributed by atoms with Crippen molar-refractivity contribution in [2.75, 3.05) is 18.0 Å². The SMILES string of the molecule is C=CCN(c1ccccc1)S(=O)(=O)c1cccc(C(=O)Oc2ccc(C(=O)OC)cc2)c1. The lowest BCUT2D eigenvalue weighted by molar-refractivity contribution is 0.0600. The van der Waals surface area contributed by atoms with Crippen molar-refractivity contribution in [3.05, 3.63) is 103 Å². The first-order valence-electron chi connectivity index (χ1n) is 9.56. The normalized spacial score (nSPS) is 10.8. The Morgan fingerprint density at radius 3 is 2.22 bits per heavy atom. The molecule has 0 bridgehead atoms. The Morgan fingerprint density at radius 1 is 0.906 bits per heavy atom. The van der Waals surface area contributed by atoms with Gasteiger partial charge in [0.2, 0.25) is 0 Å². The van der Waals surface area contributed by atoms with Crippen LogP contribution in [0.4, 0.5) is 5.69 Å². The van der Waals surface area contributed by atoms with E-state index in [1.54, 1.807) is 30.3 Å². The van der Waals surface area contributed by atoms with Gasteiger partial charge in [0.1, 0.15) is 5.75 Å². The molecule has 3 rings (SSSR count). The van der Waals surface area contributed by atoms with E-state index in [-0.39, 0.29) is 22.8 Å². The van der Waals surface area contributed by atoms with Crippen molar-refractivity contribution >= 4 is 27.6 Å². The van der Waals surface area contributed by atoms with E-state index in [2.05, 4.69) is 11.3 Å². The summed E-state index contributed by atoms with van der Waals surface area (Å²) < 4.78 is 37.7. The molecule has 0 aliphatic heterocycles. The molecular formula is C24H21NO6S. The average Bonchev–Trinajstić information content (AvgIpc) is 2.83. The predicted molar refractivity (Wildman–Crippen MR) is 120 cm³/mol. The maximum absolute atomic E-state index is 13.3. The van der Waals surface area contributed by atoms with E-state index < -0.39 is 22.0 Å². The van der Waals surface area contributed by atoms with Crippen LogP contribution in [0.5, 0.6) is 5.75 Å². The predicted octanol–water partition coefficient (Wildman–Crippen LogP) is 4.07. The molecule has 0 aliphatic rings. The molecule has 0 aromatic heterocycles. The zero-order valence-electron chi connectivity index (χ0n) is 17.3. The summed E-state index contributed by atoms with van der Waals surface area (Å²) in [6, 6.07) is 20.1. The number of para-hydroxylation sites is 1. The van der Waals surface area contributed by atoms with Crippen LogP contribution < -0.4 is 9.04 Å². The van der Waals surface area contributed by atoms with Gasteiger partial charge < -0.3 is 9.47 Å². The number of sulfonamides is 1. The van der Waals surface area contributed by atoms with Crippen LogP contribution in [0.2, 0.25) is 0 Å². The van der Waals surface area contributed by atoms with Crippen molar-refractivity contribution in [1.82, 2.24) is 0 Å². The standard InChI is InChI=1S/C24H21NO6S/c1-3-16-25(20-9-5-4-6-10-20)32(28,29)22-11-7-8-19(17-22)24(27)31-21-14-12-18(13-15-21)23(26)30-2/h3-15,17H,1,16H2,2H3. The summed E-state index contributed by atoms with van der Waals surface area (Å²) in [5.74, 6) is -1.04. The molecule has 0 aliphatic carbocycles. The third-order valence-corrected chi connectivity index (χ3v) is 6.27. The van der Waals surface area contributed by atoms with Gasteiger partial charge in [-0.2, -0.15) is 0 Å². The second kappa shape index (κ2) is 9.93. The Morgan fingerprint density at radius 2 is 1.59 bits per heavy atom. The number of hydrogen-bond donors (Lipinski definition) is 0. The number of anilines is 1. The van der Waals surface area contributed by atoms with Gasteiger partial charge in [0.15, 0.2) is 0 Å². The molecule has 0 N–H and O–H groups in total. The second-order valence-corrected chi connectivity index (χ2v) is 8.46. The van der Waals surface area contributed by atoms with Gasteiger partial charge in [0, 0.05) is 0 Å². The molecule has 0 atom stereocenters. The number of nitrogens with zero attached hydrogens (tertiary/aromatic N) is 1. The van der Waals surface area contributed by atoms with Crippen molar-refractivity contribution in [3.63, 3.8) is 0 Å². The number of methoxy groups -OCH3 is 1. The first kappa shape index (κ1) is 22.8. The van der Waals surface area contributed by atoms with Crippen LogP contribution in [0.3, 0.4) is 0 Å². The largest absolute Gasteiger partial charge is 0.465 e. The Labute approximate surface area is 186 Å². The third kappa shape index (κ3) is 5.04. The summed E-state index contributed by atoms with van der Waals surface area (Å²) in [7, 11) is -2.69. The fourth-order valence-electron chi connectivity index (χ4n) is 2.91. The lowest BCUT2D eigenvalue weighted by Gasteiger charge is -2.23. The van der Waals surface area contributed by atoms with E-state index in [9.17, 15) is 18.0 Å². The highest BCUT2D eigenvalue weighted by atomic mass is 32.2. The fourth-order valence-corrected chi connectivity index (χ4v) is 4.39. The number of benzene rings is 3. The Kier molecular flexibility index (Phi) is 7.07. The maximum atomic E-state index is 13.3. The topological polar surface area (TPSA) is 90.0 Å². The zero-order valence-corrected chi connectivity index (χ0v) is 18.1. The summed E-state index contributed by atoms with van der Waals surface area (Å²) in [6.07, 6.45) is 1.49. The highest BCUT2D eigenvalue weighted by Crippen LogP contribution is 2.24. The number of esters is 2. The Bertz CT molecular complexity index is 1220. The van der Waals surface area contributed by atoms with E-state index in [0.29, 0.717) is 11.3 Å². The van der Waals surface area contributed by atoms with Gasteiger partial charge in [-0.1, -0.05) is 30.3 Å². The molecule has 0 radical (unpaired) electrons. The van der Waals surface area contributed by atoms with Gasteiger partial charge in [-0.25, -0.2) is 18.0 Å². The smallest absolute Gasteiger partial charge is 0.343 e. The number of carbonyl (C=O) groups excluding carboxylic acids is 2. The number of hydrogen-bond acceptors (Lipinski definition) is 6. The minimum atomic E-state index is -3.96. The van der Waals surface area contributed by atoms with Crippen LogP contribution in [0.25, 0.3) is 0 Å². The molecule has 0 fully saturated rings. The average molecular weight is 452 g/mol. The first-order chi connectivity index (χ1) is 15.4. The molecule has 0 spiro atoms. The Hall–Kier alpha value is -3.91. The highest BCUT2D eigenvalue weighted by molar-refractivity contribution is 7.92. The molecule has 3 aromatic rings. The Balaban J connectivity index is 1.85. The van der Waals surface area contributed by atoms with E-state index in [0.717, 1.165) is 0 Å². The van der Waals surface area contributed by atoms with Crippen LogP contribution in [-0.2, 0) is 14.8 Å². The van der Waals surface area contributed by atoms with Crippen molar-refractivity contribution in [3.8, 4) is 5.75 Å². The van der Waals surface area contributed by atoms with Crippen LogP contribution in [0.1, 0.15) is 20.7 Å². The molecule has 7 nitrogen and oxygen atoms in total. The van der Waals surface area contributed by atoms with E-state index in [4.69, 9.17) is 4.74 Å². The molecule has 32 heavy (non-hydrogen) atoms. The monoisotopic (exact) mass is 451 g/mol. The molecule has 0 saturated carbocycles. The second-order valence-electron chi connectivity index (χ2n) is 6.59. The van der Waals surface area contributed by atoms with Gasteiger partial charge in [0.05, 0.1) is 35.4 Å². The molecular weight excluding hydrogens is 430 g/mol. The van der Waals surface area contributed by atoms with E-state index >= 15 is 0 Å². The first-order valence-corrected chi connectivity index (χ1v) is 11.0. The highest BCUT2D eigenvalue weighted by Gasteiger charge is 2.25. The molecule has 0 saturated heterocycles. The van der Waals surface area contributed by atoms with Gasteiger partial charge >= 0.3 is 11.9 Å². The molecule has 164 valence electrons. The van der Waals surface area contributed by atoms with E-state index in [1.807, 2.05) is 0 Å². The molecule has 3 aromatic carbocycles. The summed E-state index contributed by atoms with van der Waals surface area (Å²) in [4.78, 5) is 24.0. The summed E-state index contributed by atoms with van der Waals surface area (Å²) in [6.45, 7) is 3.70. The van der Waals surface area contributed by atoms with Crippen molar-refractivity contribution in [2.24, 2.45) is 0 Å². The lowest BCUT2D eigenvalue weighted by atomic mass is 10.2. The van der Waals surface area contributed by atoms with Crippen LogP contribution in [0.15, 0.2) is 96.4 Å². The van der Waals surface area contributed by atoms with Crippen molar-refractivity contribution in [2.45, 2.75) is 4.90 Å². The van der Waals surface area contributed by atoms with Gasteiger partial charge in [0.25, 0.3) is 10.0 Å². The van der Waals surface area contributed by atoms with E-state index in [1.165, 1.54) is 66.0 Å². The number of carbonyl (C=O) groups is 2. The van der Waals surface area contributed by atoms with Gasteiger partial charge in [-0.3, -0.25) is 4.31 Å². The van der Waals surface area contributed by atoms with Crippen molar-refractivity contribution in [1.29, 1.82) is 0 Å². The molecule has 0 amide bonds. The minimum absolute atomic E-state index is 0.0568.